The predicted molar refractivity (Wildman–Crippen MR) is 88.9 cm³/mol. The van der Waals surface area contributed by atoms with Gasteiger partial charge in [-0.25, -0.2) is 0 Å². The van der Waals surface area contributed by atoms with E-state index in [0.717, 1.165) is 18.4 Å². The average Bonchev–Trinajstić information content (AvgIpc) is 3.00. The Balaban J connectivity index is 0.000000255. The van der Waals surface area contributed by atoms with Crippen molar-refractivity contribution >= 4 is 17.8 Å². The van der Waals surface area contributed by atoms with Crippen LogP contribution < -0.4 is 5.32 Å². The van der Waals surface area contributed by atoms with Crippen molar-refractivity contribution in [2.75, 3.05) is 18.9 Å². The standard InChI is InChI=1S/C10H15N3O.C7H9N/c1-2-3-10(12)13-6-8(7-14)4-9(13)5-11;1-8-7-5-3-2-4-6-7/h7-9,12H,2-4,6H2,1H3;2-6,8H,1H3. The Hall–Kier alpha value is -2.35. The van der Waals surface area contributed by atoms with Gasteiger partial charge < -0.3 is 15.0 Å². The highest BCUT2D eigenvalue weighted by Crippen LogP contribution is 2.22. The van der Waals surface area contributed by atoms with Crippen molar-refractivity contribution < 1.29 is 4.79 Å². The fourth-order valence-electron chi connectivity index (χ4n) is 2.37. The number of hydrogen-bond donors (Lipinski definition) is 2. The Kier molecular flexibility index (Phi) is 7.69. The fraction of sp³-hybridized carbons (Fsp3) is 0.471. The Labute approximate surface area is 132 Å². The van der Waals surface area contributed by atoms with Crippen molar-refractivity contribution in [2.45, 2.75) is 32.2 Å². The first-order valence-electron chi connectivity index (χ1n) is 7.58. The molecule has 1 aliphatic rings. The fourth-order valence-corrected chi connectivity index (χ4v) is 2.37. The lowest BCUT2D eigenvalue weighted by molar-refractivity contribution is -0.110. The van der Waals surface area contributed by atoms with E-state index in [1.807, 2.05) is 44.3 Å². The number of nitrogens with zero attached hydrogens (tertiary/aromatic N) is 2. The molecule has 2 rings (SSSR count). The van der Waals surface area contributed by atoms with Gasteiger partial charge in [0.2, 0.25) is 0 Å². The summed E-state index contributed by atoms with van der Waals surface area (Å²) < 4.78 is 0. The second kappa shape index (κ2) is 9.56. The minimum atomic E-state index is -0.274. The maximum absolute atomic E-state index is 10.6. The molecule has 2 unspecified atom stereocenters. The van der Waals surface area contributed by atoms with Crippen LogP contribution in [0.1, 0.15) is 26.2 Å². The zero-order valence-electron chi connectivity index (χ0n) is 13.2. The first kappa shape index (κ1) is 17.7. The minimum Gasteiger partial charge on any atom is -0.388 e. The van der Waals surface area contributed by atoms with Gasteiger partial charge in [0, 0.05) is 31.6 Å². The third-order valence-electron chi connectivity index (χ3n) is 3.57. The molecule has 5 heteroatoms. The number of carbonyl (C=O) groups is 1. The molecule has 1 saturated heterocycles. The molecule has 1 heterocycles. The quantitative estimate of drug-likeness (QED) is 0.509. The second-order valence-corrected chi connectivity index (χ2v) is 5.24. The lowest BCUT2D eigenvalue weighted by atomic mass is 10.1. The van der Waals surface area contributed by atoms with E-state index in [0.29, 0.717) is 25.2 Å². The number of carbonyl (C=O) groups excluding carboxylic acids is 1. The van der Waals surface area contributed by atoms with Gasteiger partial charge in [-0.1, -0.05) is 25.1 Å². The van der Waals surface area contributed by atoms with Crippen molar-refractivity contribution in [3.63, 3.8) is 0 Å². The van der Waals surface area contributed by atoms with E-state index >= 15 is 0 Å². The van der Waals surface area contributed by atoms with E-state index in [2.05, 4.69) is 11.4 Å². The molecule has 0 saturated carbocycles. The summed E-state index contributed by atoms with van der Waals surface area (Å²) in [5.41, 5.74) is 1.16. The number of amidine groups is 1. The van der Waals surface area contributed by atoms with Crippen LogP contribution in [0.3, 0.4) is 0 Å². The average molecular weight is 300 g/mol. The van der Waals surface area contributed by atoms with Gasteiger partial charge in [0.1, 0.15) is 12.3 Å². The van der Waals surface area contributed by atoms with Crippen LogP contribution in [0.2, 0.25) is 0 Å². The predicted octanol–water partition coefficient (Wildman–Crippen LogP) is 2.91. The maximum Gasteiger partial charge on any atom is 0.124 e. The van der Waals surface area contributed by atoms with Crippen LogP contribution in [0.15, 0.2) is 30.3 Å². The van der Waals surface area contributed by atoms with E-state index in [1.165, 1.54) is 0 Å². The molecule has 118 valence electrons. The zero-order chi connectivity index (χ0) is 16.4. The van der Waals surface area contributed by atoms with E-state index in [-0.39, 0.29) is 12.0 Å². The molecule has 0 amide bonds. The molecule has 1 aliphatic heterocycles. The SMILES string of the molecule is CCCC(=N)N1CC(C=O)CC1C#N.CNc1ccccc1. The van der Waals surface area contributed by atoms with Gasteiger partial charge in [-0.15, -0.1) is 0 Å². The van der Waals surface area contributed by atoms with Crippen LogP contribution >= 0.6 is 0 Å². The van der Waals surface area contributed by atoms with E-state index in [9.17, 15) is 4.79 Å². The van der Waals surface area contributed by atoms with E-state index in [4.69, 9.17) is 10.7 Å². The molecule has 1 fully saturated rings. The second-order valence-electron chi connectivity index (χ2n) is 5.24. The molecule has 0 spiro atoms. The van der Waals surface area contributed by atoms with Crippen LogP contribution in [0.4, 0.5) is 5.69 Å². The van der Waals surface area contributed by atoms with Gasteiger partial charge in [-0.3, -0.25) is 5.41 Å². The van der Waals surface area contributed by atoms with E-state index < -0.39 is 0 Å². The number of benzene rings is 1. The summed E-state index contributed by atoms with van der Waals surface area (Å²) in [6.45, 7) is 2.55. The van der Waals surface area contributed by atoms with Gasteiger partial charge in [-0.2, -0.15) is 5.26 Å². The molecular weight excluding hydrogens is 276 g/mol. The Morgan fingerprint density at radius 2 is 2.18 bits per heavy atom. The van der Waals surface area contributed by atoms with Crippen molar-refractivity contribution in [3.8, 4) is 6.07 Å². The van der Waals surface area contributed by atoms with Crippen molar-refractivity contribution in [1.29, 1.82) is 10.7 Å². The van der Waals surface area contributed by atoms with Crippen LogP contribution in [0.25, 0.3) is 0 Å². The van der Waals surface area contributed by atoms with Gasteiger partial charge in [-0.05, 0) is 25.0 Å². The highest BCUT2D eigenvalue weighted by Gasteiger charge is 2.32. The van der Waals surface area contributed by atoms with Crippen molar-refractivity contribution in [1.82, 2.24) is 4.90 Å². The lowest BCUT2D eigenvalue weighted by Gasteiger charge is -2.21. The summed E-state index contributed by atoms with van der Waals surface area (Å²) in [6, 6.07) is 11.9. The van der Waals surface area contributed by atoms with Gasteiger partial charge >= 0.3 is 0 Å². The molecule has 22 heavy (non-hydrogen) atoms. The maximum atomic E-state index is 10.6. The summed E-state index contributed by atoms with van der Waals surface area (Å²) in [7, 11) is 1.91. The number of likely N-dealkylation sites (tertiary alicyclic amines) is 1. The molecule has 0 bridgehead atoms. The minimum absolute atomic E-state index is 0.0724. The Bertz CT molecular complexity index is 509. The van der Waals surface area contributed by atoms with Crippen LogP contribution in [0, 0.1) is 22.7 Å². The molecular formula is C17H24N4O. The first-order chi connectivity index (χ1) is 10.7. The van der Waals surface area contributed by atoms with Crippen LogP contribution in [-0.4, -0.2) is 36.7 Å². The van der Waals surface area contributed by atoms with E-state index in [1.54, 1.807) is 4.90 Å². The highest BCUT2D eigenvalue weighted by molar-refractivity contribution is 5.80. The number of rotatable bonds is 4. The first-order valence-corrected chi connectivity index (χ1v) is 7.58. The smallest absolute Gasteiger partial charge is 0.124 e. The molecule has 1 aromatic carbocycles. The third kappa shape index (κ3) is 5.21. The molecule has 0 aliphatic carbocycles. The van der Waals surface area contributed by atoms with Gasteiger partial charge in [0.05, 0.1) is 11.9 Å². The molecule has 2 atom stereocenters. The number of nitrogens with one attached hydrogen (secondary N) is 2. The third-order valence-corrected chi connectivity index (χ3v) is 3.57. The number of aldehydes is 1. The largest absolute Gasteiger partial charge is 0.388 e. The molecule has 2 N–H and O–H groups in total. The van der Waals surface area contributed by atoms with Crippen LogP contribution in [-0.2, 0) is 4.79 Å². The zero-order valence-corrected chi connectivity index (χ0v) is 13.2. The highest BCUT2D eigenvalue weighted by atomic mass is 16.1. The summed E-state index contributed by atoms with van der Waals surface area (Å²) in [5, 5.41) is 19.6. The Morgan fingerprint density at radius 1 is 1.50 bits per heavy atom. The molecule has 0 aromatic heterocycles. The van der Waals surface area contributed by atoms with Crippen molar-refractivity contribution in [2.24, 2.45) is 5.92 Å². The summed E-state index contributed by atoms with van der Waals surface area (Å²) in [5.74, 6) is 0.417. The lowest BCUT2D eigenvalue weighted by Crippen LogP contribution is -2.34. The van der Waals surface area contributed by atoms with Crippen molar-refractivity contribution in [3.05, 3.63) is 30.3 Å². The monoisotopic (exact) mass is 300 g/mol. The summed E-state index contributed by atoms with van der Waals surface area (Å²) >= 11 is 0. The number of nitriles is 1. The normalized spacial score (nSPS) is 19.6. The topological polar surface area (TPSA) is 80.0 Å². The number of hydrogen-bond acceptors (Lipinski definition) is 4. The number of anilines is 1. The van der Waals surface area contributed by atoms with Crippen LogP contribution in [0.5, 0.6) is 0 Å². The van der Waals surface area contributed by atoms with Gasteiger partial charge in [0.15, 0.2) is 0 Å². The van der Waals surface area contributed by atoms with Gasteiger partial charge in [0.25, 0.3) is 0 Å². The Morgan fingerprint density at radius 3 is 2.64 bits per heavy atom. The summed E-state index contributed by atoms with van der Waals surface area (Å²) in [6.07, 6.45) is 3.05. The molecule has 1 aromatic rings. The molecule has 0 radical (unpaired) electrons. The molecule has 5 nitrogen and oxygen atoms in total. The summed E-state index contributed by atoms with van der Waals surface area (Å²) in [4.78, 5) is 12.3. The number of para-hydroxylation sites is 1.